The van der Waals surface area contributed by atoms with Crippen LogP contribution in [-0.4, -0.2) is 17.1 Å². The van der Waals surface area contributed by atoms with E-state index in [-0.39, 0.29) is 0 Å². The van der Waals surface area contributed by atoms with Crippen LogP contribution < -0.4 is 9.47 Å². The first-order valence-corrected chi connectivity index (χ1v) is 16.0. The van der Waals surface area contributed by atoms with Crippen LogP contribution in [-0.2, 0) is 0 Å². The summed E-state index contributed by atoms with van der Waals surface area (Å²) in [4.78, 5) is 10.1. The SMILES string of the molecule is COc1ccc(-c2cc(-c3ccccc3)c3cc(Oc4ccc5nc(-c6ccc(C)cc6)cc(-c6ccccc6)c5c4)ccc3n2)cc1. The van der Waals surface area contributed by atoms with Gasteiger partial charge in [-0.25, -0.2) is 9.97 Å². The number of methoxy groups -OCH3 is 1. The number of rotatable bonds is 7. The summed E-state index contributed by atoms with van der Waals surface area (Å²) in [6, 6.07) is 54.0. The molecule has 2 aromatic heterocycles. The number of pyridine rings is 2. The minimum Gasteiger partial charge on any atom is -0.497 e. The molecule has 0 saturated carbocycles. The predicted octanol–water partition coefficient (Wildman–Crippen LogP) is 11.6. The summed E-state index contributed by atoms with van der Waals surface area (Å²) < 4.78 is 11.9. The van der Waals surface area contributed by atoms with Crippen molar-refractivity contribution in [3.63, 3.8) is 0 Å². The van der Waals surface area contributed by atoms with Crippen molar-refractivity contribution in [3.05, 3.63) is 163 Å². The van der Waals surface area contributed by atoms with Crippen LogP contribution in [0.25, 0.3) is 66.6 Å². The largest absolute Gasteiger partial charge is 0.497 e. The van der Waals surface area contributed by atoms with E-state index in [1.807, 2.05) is 60.7 Å². The molecule has 0 N–H and O–H groups in total. The molecule has 0 unspecified atom stereocenters. The van der Waals surface area contributed by atoms with Gasteiger partial charge in [-0.15, -0.1) is 0 Å². The molecule has 8 aromatic rings. The molecule has 48 heavy (non-hydrogen) atoms. The van der Waals surface area contributed by atoms with Gasteiger partial charge in [-0.3, -0.25) is 0 Å². The molecule has 4 nitrogen and oxygen atoms in total. The maximum absolute atomic E-state index is 6.58. The first kappa shape index (κ1) is 29.2. The van der Waals surface area contributed by atoms with E-state index in [0.717, 1.165) is 83.8 Å². The van der Waals surface area contributed by atoms with E-state index in [9.17, 15) is 0 Å². The summed E-state index contributed by atoms with van der Waals surface area (Å²) in [5, 5.41) is 2.05. The number of nitrogens with zero attached hydrogens (tertiary/aromatic N) is 2. The van der Waals surface area contributed by atoms with Crippen molar-refractivity contribution in [2.45, 2.75) is 6.92 Å². The van der Waals surface area contributed by atoms with Crippen LogP contribution in [0.1, 0.15) is 5.56 Å². The molecule has 0 aliphatic rings. The Balaban J connectivity index is 1.21. The highest BCUT2D eigenvalue weighted by Crippen LogP contribution is 2.38. The van der Waals surface area contributed by atoms with Crippen molar-refractivity contribution in [1.82, 2.24) is 9.97 Å². The third-order valence-corrected chi connectivity index (χ3v) is 8.70. The minimum atomic E-state index is 0.739. The summed E-state index contributed by atoms with van der Waals surface area (Å²) in [6.07, 6.45) is 0. The molecule has 0 bridgehead atoms. The Hall–Kier alpha value is -6.26. The van der Waals surface area contributed by atoms with Crippen molar-refractivity contribution < 1.29 is 9.47 Å². The van der Waals surface area contributed by atoms with E-state index in [2.05, 4.69) is 104 Å². The number of hydrogen-bond acceptors (Lipinski definition) is 4. The van der Waals surface area contributed by atoms with Gasteiger partial charge in [0.25, 0.3) is 0 Å². The van der Waals surface area contributed by atoms with Crippen LogP contribution in [0.2, 0.25) is 0 Å². The Bertz CT molecular complexity index is 2390. The smallest absolute Gasteiger partial charge is 0.128 e. The number of fused-ring (bicyclic) bond motifs is 2. The monoisotopic (exact) mass is 620 g/mol. The lowest BCUT2D eigenvalue weighted by molar-refractivity contribution is 0.415. The Morgan fingerprint density at radius 2 is 0.854 bits per heavy atom. The average molecular weight is 621 g/mol. The zero-order valence-electron chi connectivity index (χ0n) is 26.7. The first-order chi connectivity index (χ1) is 23.6. The molecular weight excluding hydrogens is 588 g/mol. The number of benzene rings is 6. The number of hydrogen-bond donors (Lipinski definition) is 0. The second-order valence-corrected chi connectivity index (χ2v) is 11.9. The lowest BCUT2D eigenvalue weighted by atomic mass is 9.97. The minimum absolute atomic E-state index is 0.739. The van der Waals surface area contributed by atoms with E-state index < -0.39 is 0 Å². The Labute approximate surface area is 279 Å². The lowest BCUT2D eigenvalue weighted by Crippen LogP contribution is -1.93. The lowest BCUT2D eigenvalue weighted by Gasteiger charge is -2.14. The van der Waals surface area contributed by atoms with Crippen LogP contribution >= 0.6 is 0 Å². The molecule has 0 aliphatic heterocycles. The van der Waals surface area contributed by atoms with Gasteiger partial charge in [-0.1, -0.05) is 90.5 Å². The summed E-state index contributed by atoms with van der Waals surface area (Å²) in [5.74, 6) is 2.30. The van der Waals surface area contributed by atoms with Crippen LogP contribution in [0, 0.1) is 6.92 Å². The molecule has 0 amide bonds. The third kappa shape index (κ3) is 5.76. The summed E-state index contributed by atoms with van der Waals surface area (Å²) in [7, 11) is 1.68. The van der Waals surface area contributed by atoms with Crippen molar-refractivity contribution >= 4 is 21.8 Å². The highest BCUT2D eigenvalue weighted by Gasteiger charge is 2.14. The number of aryl methyl sites for hydroxylation is 1. The van der Waals surface area contributed by atoms with Gasteiger partial charge in [0.1, 0.15) is 17.2 Å². The molecule has 0 atom stereocenters. The van der Waals surface area contributed by atoms with Crippen molar-refractivity contribution in [3.8, 4) is 62.0 Å². The van der Waals surface area contributed by atoms with Crippen molar-refractivity contribution in [1.29, 1.82) is 0 Å². The topological polar surface area (TPSA) is 44.2 Å². The number of aromatic nitrogens is 2. The van der Waals surface area contributed by atoms with Crippen LogP contribution in [0.3, 0.4) is 0 Å². The van der Waals surface area contributed by atoms with E-state index in [0.29, 0.717) is 0 Å². The molecular formula is C44H32N2O2. The predicted molar refractivity (Wildman–Crippen MR) is 197 cm³/mol. The fraction of sp³-hybridized carbons (Fsp3) is 0.0455. The molecule has 6 aromatic carbocycles. The van der Waals surface area contributed by atoms with Gasteiger partial charge in [0.2, 0.25) is 0 Å². The molecule has 0 aliphatic carbocycles. The fourth-order valence-electron chi connectivity index (χ4n) is 6.17. The standard InChI is InChI=1S/C44H32N2O2/c1-29-13-15-32(16-14-29)43-27-37(30-9-5-3-6-10-30)39-25-35(21-23-41(39)45-43)48-36-22-24-42-40(26-36)38(31-11-7-4-8-12-31)28-44(46-42)33-17-19-34(47-2)20-18-33/h3-28H,1-2H3. The van der Waals surface area contributed by atoms with Crippen molar-refractivity contribution in [2.24, 2.45) is 0 Å². The van der Waals surface area contributed by atoms with E-state index in [1.165, 1.54) is 5.56 Å². The van der Waals surface area contributed by atoms with E-state index >= 15 is 0 Å². The zero-order chi connectivity index (χ0) is 32.5. The van der Waals surface area contributed by atoms with Gasteiger partial charge >= 0.3 is 0 Å². The Morgan fingerprint density at radius 3 is 1.31 bits per heavy atom. The average Bonchev–Trinajstić information content (AvgIpc) is 3.15. The zero-order valence-corrected chi connectivity index (χ0v) is 26.7. The maximum atomic E-state index is 6.58. The van der Waals surface area contributed by atoms with E-state index in [4.69, 9.17) is 19.4 Å². The van der Waals surface area contributed by atoms with Gasteiger partial charge in [-0.05, 0) is 102 Å². The summed E-state index contributed by atoms with van der Waals surface area (Å²) in [5.41, 5.74) is 11.5. The maximum Gasteiger partial charge on any atom is 0.128 e. The van der Waals surface area contributed by atoms with Gasteiger partial charge in [0.15, 0.2) is 0 Å². The van der Waals surface area contributed by atoms with Crippen molar-refractivity contribution in [2.75, 3.05) is 7.11 Å². The quantitative estimate of drug-likeness (QED) is 0.178. The van der Waals surface area contributed by atoms with Gasteiger partial charge < -0.3 is 9.47 Å². The molecule has 0 radical (unpaired) electrons. The molecule has 0 fully saturated rings. The van der Waals surface area contributed by atoms with E-state index in [1.54, 1.807) is 7.11 Å². The highest BCUT2D eigenvalue weighted by molar-refractivity contribution is 5.99. The molecule has 4 heteroatoms. The molecule has 0 spiro atoms. The first-order valence-electron chi connectivity index (χ1n) is 16.0. The third-order valence-electron chi connectivity index (χ3n) is 8.70. The van der Waals surface area contributed by atoms with Crippen LogP contribution in [0.5, 0.6) is 17.2 Å². The summed E-state index contributed by atoms with van der Waals surface area (Å²) in [6.45, 7) is 2.10. The molecule has 0 saturated heterocycles. The molecule has 2 heterocycles. The second-order valence-electron chi connectivity index (χ2n) is 11.9. The second kappa shape index (κ2) is 12.5. The van der Waals surface area contributed by atoms with Gasteiger partial charge in [0.05, 0.1) is 29.5 Å². The summed E-state index contributed by atoms with van der Waals surface area (Å²) >= 11 is 0. The van der Waals surface area contributed by atoms with Crippen LogP contribution in [0.4, 0.5) is 0 Å². The Kier molecular flexibility index (Phi) is 7.60. The normalized spacial score (nSPS) is 11.1. The molecule has 8 rings (SSSR count). The fourth-order valence-corrected chi connectivity index (χ4v) is 6.17. The number of ether oxygens (including phenoxy) is 2. The van der Waals surface area contributed by atoms with Gasteiger partial charge in [0, 0.05) is 21.9 Å². The molecule has 230 valence electrons. The van der Waals surface area contributed by atoms with Gasteiger partial charge in [-0.2, -0.15) is 0 Å². The highest BCUT2D eigenvalue weighted by atomic mass is 16.5. The Morgan fingerprint density at radius 1 is 0.417 bits per heavy atom. The van der Waals surface area contributed by atoms with Crippen LogP contribution in [0.15, 0.2) is 158 Å².